The molecule has 0 aliphatic heterocycles. The van der Waals surface area contributed by atoms with Gasteiger partial charge in [0, 0.05) is 31.3 Å². The largest absolute Gasteiger partial charge is 0.481 e. The minimum Gasteiger partial charge on any atom is -0.481 e. The molecule has 0 aliphatic rings. The number of thioether (sulfide) groups is 1. The summed E-state index contributed by atoms with van der Waals surface area (Å²) < 4.78 is 0. The molecule has 0 saturated heterocycles. The zero-order valence-corrected chi connectivity index (χ0v) is 22.4. The molecule has 0 spiro atoms. The van der Waals surface area contributed by atoms with E-state index in [0.717, 1.165) is 0 Å². The predicted octanol–water partition coefficient (Wildman–Crippen LogP) is -2.51. The summed E-state index contributed by atoms with van der Waals surface area (Å²) in [5, 5.41) is 25.9. The number of amides is 3. The lowest BCUT2D eigenvalue weighted by molar-refractivity contribution is -0.143. The predicted molar refractivity (Wildman–Crippen MR) is 143 cm³/mol. The number of aliphatic carboxylic acids is 2. The van der Waals surface area contributed by atoms with Gasteiger partial charge in [-0.3, -0.25) is 24.2 Å². The van der Waals surface area contributed by atoms with Crippen LogP contribution in [0.5, 0.6) is 0 Å². The van der Waals surface area contributed by atoms with Gasteiger partial charge in [-0.25, -0.2) is 9.78 Å². The summed E-state index contributed by atoms with van der Waals surface area (Å²) in [5.74, 6) is -4.49. The van der Waals surface area contributed by atoms with E-state index in [-0.39, 0.29) is 44.6 Å². The standard InChI is InChI=1S/C22H37N9O7S/c1-39-8-6-16(21(37)38)31-20(36)15(4-5-17(32)33)30-19(35)14(3-2-7-27-22(24)25)29-18(34)13(23)9-12-10-26-11-28-12/h10-11,13-16H,2-9,23H2,1H3,(H,26,28)(H,29,34)(H,30,35)(H,31,36)(H,32,33)(H,37,38)(H4,24,25,27). The van der Waals surface area contributed by atoms with Gasteiger partial charge < -0.3 is 48.3 Å². The SMILES string of the molecule is CSCCC(NC(=O)C(CCC(=O)O)NC(=O)C(CCCN=C(N)N)NC(=O)C(N)Cc1cnc[nH]1)C(=O)O. The van der Waals surface area contributed by atoms with Crippen molar-refractivity contribution in [2.45, 2.75) is 62.7 Å². The third kappa shape index (κ3) is 13.5. The molecule has 0 radical (unpaired) electrons. The monoisotopic (exact) mass is 571 g/mol. The van der Waals surface area contributed by atoms with Crippen molar-refractivity contribution >= 4 is 47.4 Å². The number of carbonyl (C=O) groups excluding carboxylic acids is 3. The molecule has 17 heteroatoms. The van der Waals surface area contributed by atoms with Crippen LogP contribution in [0.15, 0.2) is 17.5 Å². The maximum absolute atomic E-state index is 13.2. The second kappa shape index (κ2) is 17.6. The molecule has 39 heavy (non-hydrogen) atoms. The lowest BCUT2D eigenvalue weighted by atomic mass is 10.1. The van der Waals surface area contributed by atoms with Gasteiger partial charge in [0.05, 0.1) is 12.4 Å². The third-order valence-electron chi connectivity index (χ3n) is 5.41. The van der Waals surface area contributed by atoms with Crippen LogP contribution >= 0.6 is 11.8 Å². The highest BCUT2D eigenvalue weighted by Crippen LogP contribution is 2.07. The van der Waals surface area contributed by atoms with Crippen molar-refractivity contribution in [2.24, 2.45) is 22.2 Å². The number of carboxylic acid groups (broad SMARTS) is 2. The first-order valence-corrected chi connectivity index (χ1v) is 13.5. The topological polar surface area (TPSA) is 281 Å². The number of guanidine groups is 1. The van der Waals surface area contributed by atoms with Crippen molar-refractivity contribution in [3.05, 3.63) is 18.2 Å². The van der Waals surface area contributed by atoms with Crippen molar-refractivity contribution in [1.29, 1.82) is 0 Å². The maximum Gasteiger partial charge on any atom is 0.326 e. The van der Waals surface area contributed by atoms with Crippen LogP contribution in [0, 0.1) is 0 Å². The van der Waals surface area contributed by atoms with Crippen LogP contribution < -0.4 is 33.2 Å². The highest BCUT2D eigenvalue weighted by atomic mass is 32.2. The van der Waals surface area contributed by atoms with Gasteiger partial charge in [-0.2, -0.15) is 11.8 Å². The summed E-state index contributed by atoms with van der Waals surface area (Å²) in [5.41, 5.74) is 17.2. The highest BCUT2D eigenvalue weighted by Gasteiger charge is 2.30. The minimum absolute atomic E-state index is 0.0594. The number of nitrogens with one attached hydrogen (secondary N) is 4. The van der Waals surface area contributed by atoms with Crippen LogP contribution in [-0.2, 0) is 30.4 Å². The van der Waals surface area contributed by atoms with Gasteiger partial charge in [0.2, 0.25) is 17.7 Å². The fourth-order valence-corrected chi connectivity index (χ4v) is 3.82. The first kappa shape index (κ1) is 33.2. The summed E-state index contributed by atoms with van der Waals surface area (Å²) in [6, 6.07) is -4.81. The Hall–Kier alpha value is -3.86. The van der Waals surface area contributed by atoms with Gasteiger partial charge in [-0.05, 0) is 37.7 Å². The van der Waals surface area contributed by atoms with Crippen molar-refractivity contribution in [3.63, 3.8) is 0 Å². The van der Waals surface area contributed by atoms with Gasteiger partial charge in [0.25, 0.3) is 0 Å². The van der Waals surface area contributed by atoms with E-state index in [1.54, 1.807) is 6.26 Å². The number of rotatable bonds is 19. The number of carbonyl (C=O) groups is 5. The second-order valence-electron chi connectivity index (χ2n) is 8.57. The normalized spacial score (nSPS) is 13.8. The Balaban J connectivity index is 3.02. The number of hydrogen-bond acceptors (Lipinski definition) is 9. The van der Waals surface area contributed by atoms with Crippen LogP contribution in [0.4, 0.5) is 0 Å². The van der Waals surface area contributed by atoms with E-state index < -0.39 is 60.2 Å². The van der Waals surface area contributed by atoms with Crippen molar-refractivity contribution in [1.82, 2.24) is 25.9 Å². The van der Waals surface area contributed by atoms with Crippen LogP contribution in [0.2, 0.25) is 0 Å². The summed E-state index contributed by atoms with van der Waals surface area (Å²) in [4.78, 5) is 72.0. The Morgan fingerprint density at radius 3 is 2.15 bits per heavy atom. The number of H-pyrrole nitrogens is 1. The zero-order valence-electron chi connectivity index (χ0n) is 21.6. The molecule has 0 saturated carbocycles. The average Bonchev–Trinajstić information content (AvgIpc) is 3.38. The van der Waals surface area contributed by atoms with Gasteiger partial charge in [0.15, 0.2) is 5.96 Å². The molecule has 218 valence electrons. The van der Waals surface area contributed by atoms with E-state index in [1.165, 1.54) is 24.3 Å². The Labute approximate surface area is 229 Å². The summed E-state index contributed by atoms with van der Waals surface area (Å²) in [6.45, 7) is 0.154. The molecule has 3 amide bonds. The average molecular weight is 572 g/mol. The lowest BCUT2D eigenvalue weighted by Crippen LogP contribution is -2.57. The van der Waals surface area contributed by atoms with Crippen molar-refractivity contribution in [3.8, 4) is 0 Å². The molecule has 0 bridgehead atoms. The van der Waals surface area contributed by atoms with E-state index in [1.807, 2.05) is 0 Å². The van der Waals surface area contributed by atoms with E-state index in [2.05, 4.69) is 30.9 Å². The number of nitrogens with zero attached hydrogens (tertiary/aromatic N) is 2. The molecule has 1 aromatic rings. The Bertz CT molecular complexity index is 987. The number of hydrogen-bond donors (Lipinski definition) is 9. The molecule has 4 atom stereocenters. The fraction of sp³-hybridized carbons (Fsp3) is 0.591. The number of nitrogens with two attached hydrogens (primary N) is 3. The molecule has 0 aliphatic carbocycles. The van der Waals surface area contributed by atoms with E-state index >= 15 is 0 Å². The number of aromatic nitrogens is 2. The molecule has 1 aromatic heterocycles. The van der Waals surface area contributed by atoms with Crippen LogP contribution in [0.3, 0.4) is 0 Å². The Kier molecular flexibility index (Phi) is 15.0. The molecule has 16 nitrogen and oxygen atoms in total. The van der Waals surface area contributed by atoms with Crippen molar-refractivity contribution in [2.75, 3.05) is 18.6 Å². The van der Waals surface area contributed by atoms with E-state index in [9.17, 15) is 29.1 Å². The first-order chi connectivity index (χ1) is 18.4. The quantitative estimate of drug-likeness (QED) is 0.0473. The molecular weight excluding hydrogens is 534 g/mol. The van der Waals surface area contributed by atoms with E-state index in [4.69, 9.17) is 22.3 Å². The summed E-state index contributed by atoms with van der Waals surface area (Å²) in [6.07, 6.45) is 4.49. The Morgan fingerprint density at radius 2 is 1.62 bits per heavy atom. The van der Waals surface area contributed by atoms with E-state index in [0.29, 0.717) is 11.4 Å². The molecule has 0 aromatic carbocycles. The number of imidazole rings is 1. The maximum atomic E-state index is 13.2. The molecule has 12 N–H and O–H groups in total. The second-order valence-corrected chi connectivity index (χ2v) is 9.56. The highest BCUT2D eigenvalue weighted by molar-refractivity contribution is 7.98. The first-order valence-electron chi connectivity index (χ1n) is 12.1. The van der Waals surface area contributed by atoms with Crippen LogP contribution in [-0.4, -0.2) is 98.5 Å². The summed E-state index contributed by atoms with van der Waals surface area (Å²) >= 11 is 1.39. The molecular formula is C22H37N9O7S. The zero-order chi connectivity index (χ0) is 29.4. The number of carboxylic acids is 2. The summed E-state index contributed by atoms with van der Waals surface area (Å²) in [7, 11) is 0. The molecule has 1 heterocycles. The van der Waals surface area contributed by atoms with Crippen molar-refractivity contribution < 1.29 is 34.2 Å². The fourth-order valence-electron chi connectivity index (χ4n) is 3.35. The molecule has 0 fully saturated rings. The van der Waals surface area contributed by atoms with Gasteiger partial charge in [-0.1, -0.05) is 0 Å². The lowest BCUT2D eigenvalue weighted by Gasteiger charge is -2.25. The Morgan fingerprint density at radius 1 is 1.00 bits per heavy atom. The minimum atomic E-state index is -1.37. The molecule has 1 rings (SSSR count). The van der Waals surface area contributed by atoms with Crippen LogP contribution in [0.1, 0.15) is 37.8 Å². The third-order valence-corrected chi connectivity index (χ3v) is 6.06. The van der Waals surface area contributed by atoms with Gasteiger partial charge in [0.1, 0.15) is 18.1 Å². The number of aliphatic imine (C=N–C) groups is 1. The smallest absolute Gasteiger partial charge is 0.326 e. The van der Waals surface area contributed by atoms with Gasteiger partial charge >= 0.3 is 11.9 Å². The van der Waals surface area contributed by atoms with Gasteiger partial charge in [-0.15, -0.1) is 0 Å². The molecule has 4 unspecified atom stereocenters. The van der Waals surface area contributed by atoms with Crippen LogP contribution in [0.25, 0.3) is 0 Å². The number of aromatic amines is 1.